The average molecular weight is 219 g/mol. The van der Waals surface area contributed by atoms with Crippen LogP contribution >= 0.6 is 0 Å². The lowest BCUT2D eigenvalue weighted by Gasteiger charge is -2.22. The average Bonchev–Trinajstić information content (AvgIpc) is 2.30. The second-order valence-corrected chi connectivity index (χ2v) is 3.90. The van der Waals surface area contributed by atoms with Gasteiger partial charge in [0.25, 0.3) is 0 Å². The number of nitrogens with one attached hydrogen (secondary N) is 1. The van der Waals surface area contributed by atoms with Crippen molar-refractivity contribution in [2.24, 2.45) is 5.73 Å². The zero-order valence-electron chi connectivity index (χ0n) is 9.95. The van der Waals surface area contributed by atoms with Gasteiger partial charge in [0.15, 0.2) is 0 Å². The topological polar surface area (TPSA) is 53.1 Å². The number of nitrogens with zero attached hydrogens (tertiary/aromatic N) is 1. The number of hydrogen-bond acceptors (Lipinski definition) is 2. The summed E-state index contributed by atoms with van der Waals surface area (Å²) in [5.74, 6) is 0.294. The van der Waals surface area contributed by atoms with Gasteiger partial charge in [0, 0.05) is 25.2 Å². The highest BCUT2D eigenvalue weighted by Crippen LogP contribution is 2.13. The number of unbranched alkanes of at least 4 members (excludes halogenated alkanes) is 1. The molecule has 1 aromatic carbocycles. The van der Waals surface area contributed by atoms with Crippen molar-refractivity contribution < 1.29 is 0 Å². The Kier molecular flexibility index (Phi) is 5.40. The first-order valence-electron chi connectivity index (χ1n) is 5.87. The zero-order chi connectivity index (χ0) is 11.8. The Labute approximate surface area is 97.8 Å². The summed E-state index contributed by atoms with van der Waals surface area (Å²) in [5, 5.41) is 7.15. The fraction of sp³-hybridized carbons (Fsp3) is 0.462. The SMILES string of the molecule is CCN(CCCCC(=N)N)c1ccccc1. The van der Waals surface area contributed by atoms with Crippen molar-refractivity contribution in [3.05, 3.63) is 30.3 Å². The van der Waals surface area contributed by atoms with Gasteiger partial charge < -0.3 is 10.6 Å². The van der Waals surface area contributed by atoms with Gasteiger partial charge in [-0.15, -0.1) is 0 Å². The lowest BCUT2D eigenvalue weighted by atomic mass is 10.2. The van der Waals surface area contributed by atoms with Crippen molar-refractivity contribution in [1.29, 1.82) is 5.41 Å². The van der Waals surface area contributed by atoms with E-state index in [1.165, 1.54) is 5.69 Å². The van der Waals surface area contributed by atoms with Gasteiger partial charge in [-0.3, -0.25) is 5.41 Å². The summed E-state index contributed by atoms with van der Waals surface area (Å²) in [6.07, 6.45) is 2.80. The Morgan fingerprint density at radius 1 is 1.25 bits per heavy atom. The van der Waals surface area contributed by atoms with E-state index < -0.39 is 0 Å². The van der Waals surface area contributed by atoms with E-state index in [1.54, 1.807) is 0 Å². The largest absolute Gasteiger partial charge is 0.388 e. The van der Waals surface area contributed by atoms with E-state index >= 15 is 0 Å². The van der Waals surface area contributed by atoms with Crippen molar-refractivity contribution in [2.75, 3.05) is 18.0 Å². The van der Waals surface area contributed by atoms with Gasteiger partial charge in [-0.05, 0) is 31.9 Å². The van der Waals surface area contributed by atoms with Crippen molar-refractivity contribution >= 4 is 11.5 Å². The maximum Gasteiger partial charge on any atom is 0.0905 e. The third kappa shape index (κ3) is 4.34. The molecule has 0 radical (unpaired) electrons. The molecule has 0 saturated heterocycles. The molecule has 3 heteroatoms. The summed E-state index contributed by atoms with van der Waals surface area (Å²) in [7, 11) is 0. The number of nitrogens with two attached hydrogens (primary N) is 1. The maximum atomic E-state index is 7.15. The molecule has 0 unspecified atom stereocenters. The first-order chi connectivity index (χ1) is 7.74. The quantitative estimate of drug-likeness (QED) is 0.421. The predicted molar refractivity (Wildman–Crippen MR) is 70.1 cm³/mol. The summed E-state index contributed by atoms with van der Waals surface area (Å²) in [5.41, 5.74) is 6.59. The molecule has 3 N–H and O–H groups in total. The number of rotatable bonds is 7. The molecule has 0 heterocycles. The van der Waals surface area contributed by atoms with Gasteiger partial charge in [0.05, 0.1) is 5.84 Å². The summed E-state index contributed by atoms with van der Waals surface area (Å²) >= 11 is 0. The van der Waals surface area contributed by atoms with Crippen LogP contribution in [0.4, 0.5) is 5.69 Å². The van der Waals surface area contributed by atoms with Crippen LogP contribution in [-0.4, -0.2) is 18.9 Å². The normalized spacial score (nSPS) is 10.1. The minimum absolute atomic E-state index is 0.294. The molecular weight excluding hydrogens is 198 g/mol. The number of benzene rings is 1. The third-order valence-corrected chi connectivity index (χ3v) is 2.63. The fourth-order valence-electron chi connectivity index (χ4n) is 1.73. The number of amidine groups is 1. The van der Waals surface area contributed by atoms with Crippen LogP contribution in [-0.2, 0) is 0 Å². The minimum Gasteiger partial charge on any atom is -0.388 e. The lowest BCUT2D eigenvalue weighted by molar-refractivity contribution is 0.711. The van der Waals surface area contributed by atoms with Gasteiger partial charge in [-0.25, -0.2) is 0 Å². The molecule has 0 fully saturated rings. The Morgan fingerprint density at radius 3 is 2.50 bits per heavy atom. The van der Waals surface area contributed by atoms with Crippen LogP contribution in [0.2, 0.25) is 0 Å². The molecule has 16 heavy (non-hydrogen) atoms. The van der Waals surface area contributed by atoms with Crippen LogP contribution in [0.5, 0.6) is 0 Å². The lowest BCUT2D eigenvalue weighted by Crippen LogP contribution is -2.24. The van der Waals surface area contributed by atoms with Crippen LogP contribution in [0, 0.1) is 5.41 Å². The van der Waals surface area contributed by atoms with Crippen LogP contribution < -0.4 is 10.6 Å². The van der Waals surface area contributed by atoms with Crippen LogP contribution in [0.3, 0.4) is 0 Å². The van der Waals surface area contributed by atoms with E-state index in [1.807, 2.05) is 6.07 Å². The van der Waals surface area contributed by atoms with E-state index in [4.69, 9.17) is 11.1 Å². The molecule has 0 bridgehead atoms. The Balaban J connectivity index is 2.35. The monoisotopic (exact) mass is 219 g/mol. The molecule has 0 saturated carbocycles. The third-order valence-electron chi connectivity index (χ3n) is 2.63. The highest BCUT2D eigenvalue weighted by atomic mass is 15.1. The van der Waals surface area contributed by atoms with Gasteiger partial charge in [0.2, 0.25) is 0 Å². The summed E-state index contributed by atoms with van der Waals surface area (Å²) in [6, 6.07) is 10.4. The zero-order valence-corrected chi connectivity index (χ0v) is 9.95. The number of para-hydroxylation sites is 1. The highest BCUT2D eigenvalue weighted by molar-refractivity contribution is 5.76. The van der Waals surface area contributed by atoms with E-state index in [0.29, 0.717) is 12.3 Å². The van der Waals surface area contributed by atoms with Crippen molar-refractivity contribution in [1.82, 2.24) is 0 Å². The highest BCUT2D eigenvalue weighted by Gasteiger charge is 2.02. The van der Waals surface area contributed by atoms with Crippen LogP contribution in [0.1, 0.15) is 26.2 Å². The Morgan fingerprint density at radius 2 is 1.94 bits per heavy atom. The second-order valence-electron chi connectivity index (χ2n) is 3.90. The fourth-order valence-corrected chi connectivity index (χ4v) is 1.73. The van der Waals surface area contributed by atoms with Gasteiger partial charge in [-0.1, -0.05) is 18.2 Å². The molecule has 0 aliphatic heterocycles. The molecule has 0 atom stereocenters. The standard InChI is InChI=1S/C13H21N3/c1-2-16(11-7-6-10-13(14)15)12-8-4-3-5-9-12/h3-5,8-9H,2,6-7,10-11H2,1H3,(H3,14,15). The van der Waals surface area contributed by atoms with E-state index in [-0.39, 0.29) is 0 Å². The van der Waals surface area contributed by atoms with Crippen molar-refractivity contribution in [2.45, 2.75) is 26.2 Å². The molecule has 0 aliphatic carbocycles. The van der Waals surface area contributed by atoms with Crippen LogP contribution in [0.15, 0.2) is 30.3 Å². The first-order valence-corrected chi connectivity index (χ1v) is 5.87. The molecule has 0 aliphatic rings. The summed E-state index contributed by atoms with van der Waals surface area (Å²) in [6.45, 7) is 4.22. The Bertz CT molecular complexity index is 308. The molecule has 0 amide bonds. The number of anilines is 1. The minimum atomic E-state index is 0.294. The Hall–Kier alpha value is -1.51. The smallest absolute Gasteiger partial charge is 0.0905 e. The molecule has 1 rings (SSSR count). The predicted octanol–water partition coefficient (Wildman–Crippen LogP) is 2.62. The second kappa shape index (κ2) is 6.88. The summed E-state index contributed by atoms with van der Waals surface area (Å²) in [4.78, 5) is 2.35. The molecular formula is C13H21N3. The van der Waals surface area contributed by atoms with Crippen molar-refractivity contribution in [3.8, 4) is 0 Å². The van der Waals surface area contributed by atoms with Crippen molar-refractivity contribution in [3.63, 3.8) is 0 Å². The number of hydrogen-bond donors (Lipinski definition) is 2. The molecule has 0 spiro atoms. The van der Waals surface area contributed by atoms with Gasteiger partial charge >= 0.3 is 0 Å². The summed E-state index contributed by atoms with van der Waals surface area (Å²) < 4.78 is 0. The van der Waals surface area contributed by atoms with E-state index in [0.717, 1.165) is 25.9 Å². The van der Waals surface area contributed by atoms with Gasteiger partial charge in [0.1, 0.15) is 0 Å². The van der Waals surface area contributed by atoms with E-state index in [2.05, 4.69) is 36.1 Å². The molecule has 0 aromatic heterocycles. The first kappa shape index (κ1) is 12.6. The molecule has 88 valence electrons. The van der Waals surface area contributed by atoms with E-state index in [9.17, 15) is 0 Å². The van der Waals surface area contributed by atoms with Crippen LogP contribution in [0.25, 0.3) is 0 Å². The maximum absolute atomic E-state index is 7.15. The molecule has 1 aromatic rings. The molecule has 3 nitrogen and oxygen atoms in total. The van der Waals surface area contributed by atoms with Gasteiger partial charge in [-0.2, -0.15) is 0 Å².